The van der Waals surface area contributed by atoms with Crippen molar-refractivity contribution in [3.63, 3.8) is 0 Å². The second kappa shape index (κ2) is 5.79. The van der Waals surface area contributed by atoms with Crippen LogP contribution >= 0.6 is 15.9 Å². The van der Waals surface area contributed by atoms with Gasteiger partial charge in [-0.1, -0.05) is 6.07 Å². The zero-order chi connectivity index (χ0) is 13.8. The molecule has 0 aliphatic heterocycles. The van der Waals surface area contributed by atoms with Gasteiger partial charge in [0.15, 0.2) is 0 Å². The van der Waals surface area contributed by atoms with E-state index in [0.717, 1.165) is 10.0 Å². The first-order chi connectivity index (χ1) is 9.10. The van der Waals surface area contributed by atoms with Gasteiger partial charge in [0.05, 0.1) is 0 Å². The van der Waals surface area contributed by atoms with E-state index in [1.54, 1.807) is 37.5 Å². The quantitative estimate of drug-likeness (QED) is 0.912. The van der Waals surface area contributed by atoms with Gasteiger partial charge in [-0.15, -0.1) is 0 Å². The summed E-state index contributed by atoms with van der Waals surface area (Å²) in [5.41, 5.74) is 1.34. The fourth-order valence-corrected chi connectivity index (χ4v) is 1.71. The number of carbonyl (C=O) groups is 1. The highest BCUT2D eigenvalue weighted by Crippen LogP contribution is 2.17. The van der Waals surface area contributed by atoms with Crippen LogP contribution in [0.5, 0.6) is 0 Å². The Morgan fingerprint density at radius 3 is 2.79 bits per heavy atom. The van der Waals surface area contributed by atoms with Gasteiger partial charge in [0.25, 0.3) is 5.91 Å². The van der Waals surface area contributed by atoms with E-state index in [0.29, 0.717) is 17.3 Å². The molecule has 0 unspecified atom stereocenters. The second-order valence-electron chi connectivity index (χ2n) is 3.93. The van der Waals surface area contributed by atoms with Gasteiger partial charge in [-0.25, -0.2) is 9.97 Å². The van der Waals surface area contributed by atoms with Crippen LogP contribution in [0.2, 0.25) is 0 Å². The zero-order valence-corrected chi connectivity index (χ0v) is 12.2. The molecule has 19 heavy (non-hydrogen) atoms. The Hall–Kier alpha value is -1.95. The van der Waals surface area contributed by atoms with Gasteiger partial charge in [0.2, 0.25) is 0 Å². The van der Waals surface area contributed by atoms with E-state index in [1.807, 2.05) is 6.92 Å². The van der Waals surface area contributed by atoms with Crippen LogP contribution in [-0.4, -0.2) is 22.9 Å². The molecule has 0 aliphatic carbocycles. The molecule has 2 aromatic rings. The molecule has 0 saturated heterocycles. The largest absolute Gasteiger partial charge is 0.373 e. The van der Waals surface area contributed by atoms with Crippen molar-refractivity contribution >= 4 is 33.5 Å². The van der Waals surface area contributed by atoms with Crippen LogP contribution < -0.4 is 10.6 Å². The summed E-state index contributed by atoms with van der Waals surface area (Å²) in [5.74, 6) is 0.862. The van der Waals surface area contributed by atoms with Gasteiger partial charge >= 0.3 is 0 Å². The predicted octanol–water partition coefficient (Wildman–Crippen LogP) is 2.84. The van der Waals surface area contributed by atoms with E-state index in [-0.39, 0.29) is 5.91 Å². The molecule has 2 rings (SSSR count). The van der Waals surface area contributed by atoms with Crippen molar-refractivity contribution in [3.05, 3.63) is 46.2 Å². The van der Waals surface area contributed by atoms with Crippen molar-refractivity contribution < 1.29 is 4.79 Å². The van der Waals surface area contributed by atoms with Gasteiger partial charge in [-0.05, 0) is 46.6 Å². The number of carbonyl (C=O) groups excluding carboxylic acids is 1. The molecule has 0 bridgehead atoms. The van der Waals surface area contributed by atoms with E-state index in [1.165, 1.54) is 0 Å². The SMILES string of the molecule is CNc1cccc(C(=O)Nc2cc(C)c(Br)cn2)n1. The van der Waals surface area contributed by atoms with Crippen molar-refractivity contribution in [1.29, 1.82) is 0 Å². The van der Waals surface area contributed by atoms with Crippen LogP contribution in [0.4, 0.5) is 11.6 Å². The molecule has 0 fully saturated rings. The lowest BCUT2D eigenvalue weighted by Gasteiger charge is -2.06. The third-order valence-corrected chi connectivity index (χ3v) is 3.36. The fourth-order valence-electron chi connectivity index (χ4n) is 1.49. The summed E-state index contributed by atoms with van der Waals surface area (Å²) in [6, 6.07) is 7.01. The van der Waals surface area contributed by atoms with E-state index >= 15 is 0 Å². The summed E-state index contributed by atoms with van der Waals surface area (Å²) in [6.07, 6.45) is 1.66. The Balaban J connectivity index is 2.18. The fraction of sp³-hybridized carbons (Fsp3) is 0.154. The number of aryl methyl sites for hydroxylation is 1. The number of hydrogen-bond donors (Lipinski definition) is 2. The summed E-state index contributed by atoms with van der Waals surface area (Å²) < 4.78 is 0.904. The highest BCUT2D eigenvalue weighted by atomic mass is 79.9. The van der Waals surface area contributed by atoms with E-state index < -0.39 is 0 Å². The van der Waals surface area contributed by atoms with Crippen LogP contribution in [0.25, 0.3) is 0 Å². The minimum Gasteiger partial charge on any atom is -0.373 e. The van der Waals surface area contributed by atoms with Crippen molar-refractivity contribution in [2.75, 3.05) is 17.7 Å². The third kappa shape index (κ3) is 3.29. The summed E-state index contributed by atoms with van der Waals surface area (Å²) in [5, 5.41) is 5.61. The third-order valence-electron chi connectivity index (χ3n) is 2.53. The zero-order valence-electron chi connectivity index (χ0n) is 10.6. The normalized spacial score (nSPS) is 10.1. The Morgan fingerprint density at radius 1 is 1.32 bits per heavy atom. The molecule has 6 heteroatoms. The van der Waals surface area contributed by atoms with Gasteiger partial charge in [0, 0.05) is 17.7 Å². The average molecular weight is 321 g/mol. The highest BCUT2D eigenvalue weighted by molar-refractivity contribution is 9.10. The van der Waals surface area contributed by atoms with E-state index in [9.17, 15) is 4.79 Å². The smallest absolute Gasteiger partial charge is 0.275 e. The Kier molecular flexibility index (Phi) is 4.11. The first-order valence-corrected chi connectivity index (χ1v) is 6.48. The van der Waals surface area contributed by atoms with Crippen molar-refractivity contribution in [2.24, 2.45) is 0 Å². The number of nitrogens with one attached hydrogen (secondary N) is 2. The number of halogens is 1. The molecule has 0 aliphatic rings. The second-order valence-corrected chi connectivity index (χ2v) is 4.79. The molecule has 2 N–H and O–H groups in total. The first-order valence-electron chi connectivity index (χ1n) is 5.68. The van der Waals surface area contributed by atoms with Gasteiger partial charge in [0.1, 0.15) is 17.3 Å². The molecule has 0 atom stereocenters. The topological polar surface area (TPSA) is 66.9 Å². The minimum absolute atomic E-state index is 0.286. The molecule has 5 nitrogen and oxygen atoms in total. The molecule has 0 radical (unpaired) electrons. The maximum absolute atomic E-state index is 12.0. The van der Waals surface area contributed by atoms with Gasteiger partial charge in [-0.3, -0.25) is 4.79 Å². The van der Waals surface area contributed by atoms with Crippen LogP contribution in [-0.2, 0) is 0 Å². The lowest BCUT2D eigenvalue weighted by molar-refractivity contribution is 0.102. The number of nitrogens with zero attached hydrogens (tertiary/aromatic N) is 2. The molecule has 0 saturated carbocycles. The van der Waals surface area contributed by atoms with Crippen LogP contribution in [0, 0.1) is 6.92 Å². The molecule has 2 aromatic heterocycles. The maximum Gasteiger partial charge on any atom is 0.275 e. The van der Waals surface area contributed by atoms with Crippen LogP contribution in [0.1, 0.15) is 16.1 Å². The molecular weight excluding hydrogens is 308 g/mol. The Bertz CT molecular complexity index is 615. The lowest BCUT2D eigenvalue weighted by Crippen LogP contribution is -2.15. The molecular formula is C13H13BrN4O. The summed E-state index contributed by atoms with van der Waals surface area (Å²) in [4.78, 5) is 20.3. The minimum atomic E-state index is -0.286. The molecule has 1 amide bonds. The van der Waals surface area contributed by atoms with Crippen molar-refractivity contribution in [3.8, 4) is 0 Å². The number of hydrogen-bond acceptors (Lipinski definition) is 4. The Morgan fingerprint density at radius 2 is 2.11 bits per heavy atom. The Labute approximate surface area is 119 Å². The predicted molar refractivity (Wildman–Crippen MR) is 78.4 cm³/mol. The number of pyridine rings is 2. The lowest BCUT2D eigenvalue weighted by atomic mass is 10.3. The van der Waals surface area contributed by atoms with Crippen molar-refractivity contribution in [2.45, 2.75) is 6.92 Å². The molecule has 2 heterocycles. The number of aromatic nitrogens is 2. The number of rotatable bonds is 3. The van der Waals surface area contributed by atoms with E-state index in [2.05, 4.69) is 36.5 Å². The summed E-state index contributed by atoms with van der Waals surface area (Å²) in [6.45, 7) is 1.93. The molecule has 98 valence electrons. The molecule has 0 aromatic carbocycles. The average Bonchev–Trinajstić information content (AvgIpc) is 2.43. The summed E-state index contributed by atoms with van der Waals surface area (Å²) in [7, 11) is 1.75. The highest BCUT2D eigenvalue weighted by Gasteiger charge is 2.09. The number of amides is 1. The van der Waals surface area contributed by atoms with E-state index in [4.69, 9.17) is 0 Å². The van der Waals surface area contributed by atoms with Crippen molar-refractivity contribution in [1.82, 2.24) is 9.97 Å². The standard InChI is InChI=1S/C13H13BrN4O/c1-8-6-12(16-7-9(8)14)18-13(19)10-4-3-5-11(15-2)17-10/h3-7H,1-2H3,(H,15,17)(H,16,18,19). The monoisotopic (exact) mass is 320 g/mol. The van der Waals surface area contributed by atoms with Gasteiger partial charge < -0.3 is 10.6 Å². The van der Waals surface area contributed by atoms with Crippen LogP contribution in [0.3, 0.4) is 0 Å². The number of anilines is 2. The summed E-state index contributed by atoms with van der Waals surface area (Å²) >= 11 is 3.36. The van der Waals surface area contributed by atoms with Crippen LogP contribution in [0.15, 0.2) is 34.9 Å². The first kappa shape index (κ1) is 13.5. The molecule has 0 spiro atoms. The van der Waals surface area contributed by atoms with Gasteiger partial charge in [-0.2, -0.15) is 0 Å². The maximum atomic E-state index is 12.0.